The van der Waals surface area contributed by atoms with Gasteiger partial charge in [-0.3, -0.25) is 4.79 Å². The summed E-state index contributed by atoms with van der Waals surface area (Å²) in [6.07, 6.45) is -4.68. The standard InChI is InChI=1S/C18H12ClF3IN3O/c19-13-3-1-2-4-14(13)26-15(9-16(25-26)18(20,21)22)17(27)24-10-11-5-7-12(23)8-6-11/h1-9H,10H2,(H,24,27). The molecular formula is C18H12ClF3IN3O. The van der Waals surface area contributed by atoms with Crippen LogP contribution in [-0.4, -0.2) is 15.7 Å². The summed E-state index contributed by atoms with van der Waals surface area (Å²) in [7, 11) is 0. The number of hydrogen-bond donors (Lipinski definition) is 1. The van der Waals surface area contributed by atoms with Gasteiger partial charge in [-0.2, -0.15) is 18.3 Å². The SMILES string of the molecule is O=C(NCc1ccc(I)cc1)c1cc(C(F)(F)F)nn1-c1ccccc1Cl. The Morgan fingerprint density at radius 2 is 1.81 bits per heavy atom. The molecule has 0 bridgehead atoms. The van der Waals surface area contributed by atoms with Crippen molar-refractivity contribution in [1.82, 2.24) is 15.1 Å². The lowest BCUT2D eigenvalue weighted by Gasteiger charge is -2.10. The van der Waals surface area contributed by atoms with Crippen molar-refractivity contribution < 1.29 is 18.0 Å². The van der Waals surface area contributed by atoms with E-state index in [9.17, 15) is 18.0 Å². The van der Waals surface area contributed by atoms with Crippen molar-refractivity contribution in [2.45, 2.75) is 12.7 Å². The Kier molecular flexibility index (Phi) is 5.75. The van der Waals surface area contributed by atoms with Crippen LogP contribution in [0, 0.1) is 3.57 Å². The molecule has 0 spiro atoms. The second-order valence-electron chi connectivity index (χ2n) is 5.58. The fourth-order valence-corrected chi connectivity index (χ4v) is 2.94. The molecule has 0 fully saturated rings. The number of hydrogen-bond acceptors (Lipinski definition) is 2. The molecule has 0 aliphatic carbocycles. The topological polar surface area (TPSA) is 46.9 Å². The van der Waals surface area contributed by atoms with E-state index in [2.05, 4.69) is 33.0 Å². The minimum atomic E-state index is -4.68. The molecule has 0 atom stereocenters. The van der Waals surface area contributed by atoms with Crippen molar-refractivity contribution in [1.29, 1.82) is 0 Å². The smallest absolute Gasteiger partial charge is 0.347 e. The zero-order valence-corrected chi connectivity index (χ0v) is 16.5. The molecule has 3 rings (SSSR count). The zero-order valence-electron chi connectivity index (χ0n) is 13.6. The number of nitrogens with zero attached hydrogens (tertiary/aromatic N) is 2. The van der Waals surface area contributed by atoms with Crippen LogP contribution >= 0.6 is 34.2 Å². The van der Waals surface area contributed by atoms with Gasteiger partial charge in [-0.15, -0.1) is 0 Å². The molecule has 0 radical (unpaired) electrons. The highest BCUT2D eigenvalue weighted by Crippen LogP contribution is 2.30. The molecule has 4 nitrogen and oxygen atoms in total. The minimum absolute atomic E-state index is 0.171. The van der Waals surface area contributed by atoms with Gasteiger partial charge in [0.2, 0.25) is 0 Å². The Bertz CT molecular complexity index is 971. The molecular weight excluding hydrogens is 494 g/mol. The predicted octanol–water partition coefficient (Wildman–Crippen LogP) is 5.08. The van der Waals surface area contributed by atoms with Gasteiger partial charge in [-0.05, 0) is 52.4 Å². The van der Waals surface area contributed by atoms with Gasteiger partial charge in [0.15, 0.2) is 5.69 Å². The van der Waals surface area contributed by atoms with E-state index in [1.807, 2.05) is 24.3 Å². The molecule has 27 heavy (non-hydrogen) atoms. The number of halogens is 5. The molecule has 1 N–H and O–H groups in total. The van der Waals surface area contributed by atoms with Crippen molar-refractivity contribution in [2.75, 3.05) is 0 Å². The first kappa shape index (κ1) is 19.7. The summed E-state index contributed by atoms with van der Waals surface area (Å²) in [6.45, 7) is 0.171. The van der Waals surface area contributed by atoms with Crippen LogP contribution in [0.15, 0.2) is 54.6 Å². The van der Waals surface area contributed by atoms with E-state index < -0.39 is 17.8 Å². The Labute approximate surface area is 171 Å². The summed E-state index contributed by atoms with van der Waals surface area (Å²) in [4.78, 5) is 12.5. The number of carbonyl (C=O) groups excluding carboxylic acids is 1. The fourth-order valence-electron chi connectivity index (χ4n) is 2.36. The summed E-state index contributed by atoms with van der Waals surface area (Å²) in [5.41, 5.74) is -0.402. The molecule has 2 aromatic carbocycles. The van der Waals surface area contributed by atoms with Crippen LogP contribution in [0.3, 0.4) is 0 Å². The predicted molar refractivity (Wildman–Crippen MR) is 104 cm³/mol. The number of alkyl halides is 3. The van der Waals surface area contributed by atoms with Gasteiger partial charge in [-0.1, -0.05) is 35.9 Å². The quantitative estimate of drug-likeness (QED) is 0.503. The lowest BCUT2D eigenvalue weighted by molar-refractivity contribution is -0.141. The number of amides is 1. The van der Waals surface area contributed by atoms with Gasteiger partial charge < -0.3 is 5.32 Å². The Balaban J connectivity index is 1.93. The third kappa shape index (κ3) is 4.62. The molecule has 3 aromatic rings. The average molecular weight is 506 g/mol. The maximum Gasteiger partial charge on any atom is 0.435 e. The Hall–Kier alpha value is -2.07. The summed E-state index contributed by atoms with van der Waals surface area (Å²) in [5, 5.41) is 6.34. The molecule has 9 heteroatoms. The van der Waals surface area contributed by atoms with E-state index in [4.69, 9.17) is 11.6 Å². The van der Waals surface area contributed by atoms with Crippen molar-refractivity contribution >= 4 is 40.1 Å². The fraction of sp³-hybridized carbons (Fsp3) is 0.111. The van der Waals surface area contributed by atoms with Gasteiger partial charge in [0.25, 0.3) is 5.91 Å². The zero-order chi connectivity index (χ0) is 19.6. The van der Waals surface area contributed by atoms with E-state index >= 15 is 0 Å². The molecule has 0 saturated carbocycles. The molecule has 1 amide bonds. The van der Waals surface area contributed by atoms with Crippen LogP contribution < -0.4 is 5.32 Å². The van der Waals surface area contributed by atoms with Crippen molar-refractivity contribution in [3.8, 4) is 5.69 Å². The van der Waals surface area contributed by atoms with Gasteiger partial charge in [0.1, 0.15) is 5.69 Å². The minimum Gasteiger partial charge on any atom is -0.347 e. The Morgan fingerprint density at radius 1 is 1.15 bits per heavy atom. The largest absolute Gasteiger partial charge is 0.435 e. The van der Waals surface area contributed by atoms with Crippen LogP contribution in [0.25, 0.3) is 5.69 Å². The van der Waals surface area contributed by atoms with Crippen molar-refractivity contribution in [2.24, 2.45) is 0 Å². The highest BCUT2D eigenvalue weighted by Gasteiger charge is 2.36. The van der Waals surface area contributed by atoms with Gasteiger partial charge in [0, 0.05) is 16.2 Å². The number of benzene rings is 2. The normalized spacial score (nSPS) is 11.4. The maximum absolute atomic E-state index is 13.1. The molecule has 1 heterocycles. The van der Waals surface area contributed by atoms with Gasteiger partial charge in [-0.25, -0.2) is 4.68 Å². The Morgan fingerprint density at radius 3 is 2.44 bits per heavy atom. The van der Waals surface area contributed by atoms with Crippen LogP contribution in [0.5, 0.6) is 0 Å². The molecule has 1 aromatic heterocycles. The van der Waals surface area contributed by atoms with Crippen molar-refractivity contribution in [3.05, 3.63) is 80.1 Å². The first-order valence-electron chi connectivity index (χ1n) is 7.70. The second-order valence-corrected chi connectivity index (χ2v) is 7.24. The van der Waals surface area contributed by atoms with E-state index in [1.165, 1.54) is 12.1 Å². The van der Waals surface area contributed by atoms with E-state index in [-0.39, 0.29) is 22.9 Å². The summed E-state index contributed by atoms with van der Waals surface area (Å²) in [6, 6.07) is 14.4. The van der Waals surface area contributed by atoms with E-state index in [1.54, 1.807) is 12.1 Å². The molecule has 0 aliphatic heterocycles. The molecule has 0 aliphatic rings. The maximum atomic E-state index is 13.1. The monoisotopic (exact) mass is 505 g/mol. The second kappa shape index (κ2) is 7.89. The first-order chi connectivity index (χ1) is 12.8. The lowest BCUT2D eigenvalue weighted by Crippen LogP contribution is -2.25. The number of aromatic nitrogens is 2. The third-order valence-electron chi connectivity index (χ3n) is 3.68. The van der Waals surface area contributed by atoms with Crippen LogP contribution in [0.4, 0.5) is 13.2 Å². The number of rotatable bonds is 4. The van der Waals surface area contributed by atoms with E-state index in [0.717, 1.165) is 13.8 Å². The van der Waals surface area contributed by atoms with Crippen LogP contribution in [-0.2, 0) is 12.7 Å². The van der Waals surface area contributed by atoms with Crippen LogP contribution in [0.1, 0.15) is 21.7 Å². The number of nitrogens with one attached hydrogen (secondary N) is 1. The third-order valence-corrected chi connectivity index (χ3v) is 4.72. The summed E-state index contributed by atoms with van der Waals surface area (Å²) >= 11 is 8.23. The summed E-state index contributed by atoms with van der Waals surface area (Å²) < 4.78 is 41.3. The highest BCUT2D eigenvalue weighted by molar-refractivity contribution is 14.1. The lowest BCUT2D eigenvalue weighted by atomic mass is 10.2. The molecule has 0 saturated heterocycles. The van der Waals surface area contributed by atoms with Gasteiger partial charge >= 0.3 is 6.18 Å². The highest BCUT2D eigenvalue weighted by atomic mass is 127. The summed E-state index contributed by atoms with van der Waals surface area (Å²) in [5.74, 6) is -0.684. The molecule has 0 unspecified atom stereocenters. The average Bonchev–Trinajstić information content (AvgIpc) is 3.07. The van der Waals surface area contributed by atoms with Gasteiger partial charge in [0.05, 0.1) is 10.7 Å². The van der Waals surface area contributed by atoms with Crippen LogP contribution in [0.2, 0.25) is 5.02 Å². The molecule has 140 valence electrons. The van der Waals surface area contributed by atoms with E-state index in [0.29, 0.717) is 6.07 Å². The van der Waals surface area contributed by atoms with Crippen molar-refractivity contribution in [3.63, 3.8) is 0 Å². The first-order valence-corrected chi connectivity index (χ1v) is 9.16. The number of carbonyl (C=O) groups is 1. The number of para-hydroxylation sites is 1.